The summed E-state index contributed by atoms with van der Waals surface area (Å²) < 4.78 is 1.45. The lowest BCUT2D eigenvalue weighted by molar-refractivity contribution is 0.0802. The Morgan fingerprint density at radius 3 is 2.86 bits per heavy atom. The molecule has 3 rings (SSSR count). The molecular formula is C15H15ClN4OS. The third-order valence-electron chi connectivity index (χ3n) is 3.36. The summed E-state index contributed by atoms with van der Waals surface area (Å²) in [6, 6.07) is 5.51. The number of anilines is 2. The van der Waals surface area contributed by atoms with Gasteiger partial charge in [-0.25, -0.2) is 0 Å². The zero-order chi connectivity index (χ0) is 15.5. The summed E-state index contributed by atoms with van der Waals surface area (Å²) in [5, 5.41) is 0. The Kier molecular flexibility index (Phi) is 4.49. The van der Waals surface area contributed by atoms with Crippen LogP contribution in [0.25, 0.3) is 0 Å². The number of hydrogen-bond acceptors (Lipinski definition) is 5. The van der Waals surface area contributed by atoms with Crippen LogP contribution >= 0.6 is 23.5 Å². The van der Waals surface area contributed by atoms with Crippen molar-refractivity contribution in [2.75, 3.05) is 22.6 Å². The second-order valence-electron chi connectivity index (χ2n) is 4.98. The summed E-state index contributed by atoms with van der Waals surface area (Å²) >= 11 is 8.10. The average molecular weight is 335 g/mol. The minimum atomic E-state index is -0.00792. The van der Waals surface area contributed by atoms with Gasteiger partial charge in [-0.2, -0.15) is 0 Å². The van der Waals surface area contributed by atoms with Crippen molar-refractivity contribution in [2.24, 2.45) is 0 Å². The Morgan fingerprint density at radius 2 is 2.18 bits per heavy atom. The molecule has 0 aliphatic carbocycles. The lowest BCUT2D eigenvalue weighted by atomic mass is 10.2. The second-order valence-corrected chi connectivity index (χ2v) is 6.39. The minimum absolute atomic E-state index is 0.00792. The second kappa shape index (κ2) is 6.54. The fourth-order valence-corrected chi connectivity index (χ4v) is 3.27. The number of carbonyl (C=O) groups excluding carboxylic acids is 1. The molecular weight excluding hydrogens is 320 g/mol. The van der Waals surface area contributed by atoms with E-state index in [1.807, 2.05) is 24.0 Å². The molecule has 1 aliphatic heterocycles. The van der Waals surface area contributed by atoms with Gasteiger partial charge in [-0.15, -0.1) is 11.8 Å². The summed E-state index contributed by atoms with van der Waals surface area (Å²) in [4.78, 5) is 22.6. The van der Waals surface area contributed by atoms with Gasteiger partial charge in [-0.1, -0.05) is 0 Å². The Labute approximate surface area is 138 Å². The van der Waals surface area contributed by atoms with E-state index in [0.717, 1.165) is 29.6 Å². The van der Waals surface area contributed by atoms with Gasteiger partial charge in [0.1, 0.15) is 0 Å². The Balaban J connectivity index is 1.83. The van der Waals surface area contributed by atoms with Gasteiger partial charge in [0, 0.05) is 36.0 Å². The first kappa shape index (κ1) is 15.1. The molecule has 0 saturated carbocycles. The summed E-state index contributed by atoms with van der Waals surface area (Å²) in [6.07, 6.45) is 4.89. The fourth-order valence-electron chi connectivity index (χ4n) is 2.13. The predicted octanol–water partition coefficient (Wildman–Crippen LogP) is 3.22. The first-order chi connectivity index (χ1) is 10.6. The summed E-state index contributed by atoms with van der Waals surface area (Å²) in [5.74, 6) is 1.71. The molecule has 1 amide bonds. The van der Waals surface area contributed by atoms with Gasteiger partial charge in [-0.05, 0) is 25.1 Å². The number of aromatic nitrogens is 2. The van der Waals surface area contributed by atoms with Crippen LogP contribution in [-0.2, 0) is 0 Å². The molecule has 0 aromatic carbocycles. The molecule has 1 saturated heterocycles. The van der Waals surface area contributed by atoms with E-state index in [4.69, 9.17) is 11.8 Å². The number of pyridine rings is 2. The number of carbonyl (C=O) groups is 1. The van der Waals surface area contributed by atoms with Crippen molar-refractivity contribution in [1.29, 1.82) is 0 Å². The molecule has 0 atom stereocenters. The lowest BCUT2D eigenvalue weighted by Crippen LogP contribution is -2.28. The quantitative estimate of drug-likeness (QED) is 0.807. The van der Waals surface area contributed by atoms with Crippen molar-refractivity contribution in [3.05, 3.63) is 48.0 Å². The van der Waals surface area contributed by atoms with Crippen LogP contribution in [0.5, 0.6) is 0 Å². The average Bonchev–Trinajstić information content (AvgIpc) is 3.09. The van der Waals surface area contributed by atoms with Gasteiger partial charge < -0.3 is 4.90 Å². The van der Waals surface area contributed by atoms with Crippen LogP contribution in [0.2, 0.25) is 0 Å². The molecule has 2 aromatic heterocycles. The maximum atomic E-state index is 12.4. The number of nitrogens with zero attached hydrogens (tertiary/aromatic N) is 4. The van der Waals surface area contributed by atoms with Gasteiger partial charge in [0.15, 0.2) is 0 Å². The van der Waals surface area contributed by atoms with Gasteiger partial charge in [0.05, 0.1) is 35.2 Å². The SMILES string of the molecule is Cc1ccc(N(Cl)c2cncc(C(=O)N3CCSC3)c2)cn1. The molecule has 114 valence electrons. The van der Waals surface area contributed by atoms with Gasteiger partial charge in [0.2, 0.25) is 0 Å². The van der Waals surface area contributed by atoms with Crippen molar-refractivity contribution in [3.63, 3.8) is 0 Å². The predicted molar refractivity (Wildman–Crippen MR) is 89.6 cm³/mol. The van der Waals surface area contributed by atoms with Gasteiger partial charge in [0.25, 0.3) is 5.91 Å². The number of amides is 1. The summed E-state index contributed by atoms with van der Waals surface area (Å²) in [7, 11) is 0. The highest BCUT2D eigenvalue weighted by Crippen LogP contribution is 2.27. The van der Waals surface area contributed by atoms with Crippen LogP contribution < -0.4 is 4.42 Å². The van der Waals surface area contributed by atoms with E-state index < -0.39 is 0 Å². The van der Waals surface area contributed by atoms with Crippen molar-refractivity contribution in [3.8, 4) is 0 Å². The maximum Gasteiger partial charge on any atom is 0.256 e. The zero-order valence-corrected chi connectivity index (χ0v) is 13.6. The normalized spacial score (nSPS) is 14.2. The van der Waals surface area contributed by atoms with Crippen molar-refractivity contribution < 1.29 is 4.79 Å². The van der Waals surface area contributed by atoms with Crippen molar-refractivity contribution in [1.82, 2.24) is 14.9 Å². The first-order valence-electron chi connectivity index (χ1n) is 6.86. The molecule has 0 bridgehead atoms. The highest BCUT2D eigenvalue weighted by Gasteiger charge is 2.21. The lowest BCUT2D eigenvalue weighted by Gasteiger charge is -2.18. The molecule has 5 nitrogen and oxygen atoms in total. The molecule has 3 heterocycles. The number of aryl methyl sites for hydroxylation is 1. The molecule has 1 fully saturated rings. The van der Waals surface area contributed by atoms with E-state index in [1.54, 1.807) is 36.4 Å². The molecule has 0 radical (unpaired) electrons. The van der Waals surface area contributed by atoms with E-state index in [9.17, 15) is 4.79 Å². The zero-order valence-electron chi connectivity index (χ0n) is 12.1. The van der Waals surface area contributed by atoms with Crippen LogP contribution in [0.1, 0.15) is 16.1 Å². The topological polar surface area (TPSA) is 49.3 Å². The van der Waals surface area contributed by atoms with Crippen LogP contribution in [0.15, 0.2) is 36.8 Å². The number of hydrogen-bond donors (Lipinski definition) is 0. The molecule has 7 heteroatoms. The monoisotopic (exact) mass is 334 g/mol. The Hall–Kier alpha value is -1.79. The van der Waals surface area contributed by atoms with E-state index in [2.05, 4.69) is 9.97 Å². The minimum Gasteiger partial charge on any atom is -0.329 e. The maximum absolute atomic E-state index is 12.4. The smallest absolute Gasteiger partial charge is 0.256 e. The van der Waals surface area contributed by atoms with E-state index in [0.29, 0.717) is 11.3 Å². The van der Waals surface area contributed by atoms with E-state index in [-0.39, 0.29) is 5.91 Å². The van der Waals surface area contributed by atoms with Crippen molar-refractivity contribution in [2.45, 2.75) is 6.92 Å². The molecule has 0 spiro atoms. The highest BCUT2D eigenvalue weighted by atomic mass is 35.5. The Morgan fingerprint density at radius 1 is 1.32 bits per heavy atom. The van der Waals surface area contributed by atoms with Gasteiger partial charge >= 0.3 is 0 Å². The van der Waals surface area contributed by atoms with Crippen molar-refractivity contribution >= 4 is 40.8 Å². The van der Waals surface area contributed by atoms with E-state index in [1.165, 1.54) is 4.42 Å². The van der Waals surface area contributed by atoms with E-state index >= 15 is 0 Å². The third kappa shape index (κ3) is 3.18. The first-order valence-corrected chi connectivity index (χ1v) is 8.35. The van der Waals surface area contributed by atoms with Crippen LogP contribution in [-0.4, -0.2) is 38.9 Å². The third-order valence-corrected chi connectivity index (χ3v) is 4.72. The number of halogens is 1. The molecule has 22 heavy (non-hydrogen) atoms. The fraction of sp³-hybridized carbons (Fsp3) is 0.267. The largest absolute Gasteiger partial charge is 0.329 e. The van der Waals surface area contributed by atoms with Crippen LogP contribution in [0.3, 0.4) is 0 Å². The molecule has 0 unspecified atom stereocenters. The van der Waals surface area contributed by atoms with Gasteiger partial charge in [-0.3, -0.25) is 19.2 Å². The molecule has 0 N–H and O–H groups in total. The standard InChI is InChI=1S/C15H15ClN4OS/c1-11-2-3-13(9-18-11)20(16)14-6-12(7-17-8-14)15(21)19-4-5-22-10-19/h2-3,6-9H,4-5,10H2,1H3. The molecule has 1 aliphatic rings. The number of rotatable bonds is 3. The summed E-state index contributed by atoms with van der Waals surface area (Å²) in [5.41, 5.74) is 2.84. The Bertz CT molecular complexity index is 673. The highest BCUT2D eigenvalue weighted by molar-refractivity contribution is 7.99. The van der Waals surface area contributed by atoms with Crippen LogP contribution in [0.4, 0.5) is 11.4 Å². The van der Waals surface area contributed by atoms with Crippen LogP contribution in [0, 0.1) is 6.92 Å². The number of thioether (sulfide) groups is 1. The molecule has 2 aromatic rings. The summed E-state index contributed by atoms with van der Waals surface area (Å²) in [6.45, 7) is 2.69.